The fraction of sp³-hybridized carbons (Fsp3) is 0.857. The standard InChI is InChI=1S/C7H14N2O3/c1-12-6-2-5(8)3-9(4-6)7(10)11/h5-6H,2-4,8H2,1H3,(H,10,11)/t5-,6+/m0/s1. The Labute approximate surface area is 71.1 Å². The van der Waals surface area contributed by atoms with Crippen LogP contribution in [0.4, 0.5) is 4.79 Å². The van der Waals surface area contributed by atoms with Gasteiger partial charge in [0.15, 0.2) is 0 Å². The van der Waals surface area contributed by atoms with Gasteiger partial charge in [-0.05, 0) is 6.42 Å². The van der Waals surface area contributed by atoms with Crippen LogP contribution in [0.2, 0.25) is 0 Å². The highest BCUT2D eigenvalue weighted by atomic mass is 16.5. The van der Waals surface area contributed by atoms with Crippen molar-refractivity contribution in [2.24, 2.45) is 5.73 Å². The SMILES string of the molecule is CO[C@@H]1C[C@H](N)CN(C(=O)O)C1. The molecule has 1 heterocycles. The van der Waals surface area contributed by atoms with Gasteiger partial charge in [0.2, 0.25) is 0 Å². The molecule has 3 N–H and O–H groups in total. The van der Waals surface area contributed by atoms with Crippen molar-refractivity contribution in [1.82, 2.24) is 4.90 Å². The number of hydrogen-bond donors (Lipinski definition) is 2. The molecule has 0 unspecified atom stereocenters. The summed E-state index contributed by atoms with van der Waals surface area (Å²) in [4.78, 5) is 11.9. The topological polar surface area (TPSA) is 75.8 Å². The summed E-state index contributed by atoms with van der Waals surface area (Å²) in [5, 5.41) is 8.68. The molecule has 2 atom stereocenters. The maximum absolute atomic E-state index is 10.6. The maximum atomic E-state index is 10.6. The van der Waals surface area contributed by atoms with E-state index in [1.165, 1.54) is 4.90 Å². The highest BCUT2D eigenvalue weighted by molar-refractivity contribution is 5.65. The zero-order valence-electron chi connectivity index (χ0n) is 7.06. The Morgan fingerprint density at radius 3 is 2.83 bits per heavy atom. The predicted octanol–water partition coefficient (Wildman–Crippen LogP) is -0.288. The summed E-state index contributed by atoms with van der Waals surface area (Å²) in [7, 11) is 1.57. The molecule has 0 bridgehead atoms. The number of piperidine rings is 1. The Bertz CT molecular complexity index is 174. The number of carbonyl (C=O) groups is 1. The first-order valence-corrected chi connectivity index (χ1v) is 3.89. The zero-order valence-corrected chi connectivity index (χ0v) is 7.06. The number of ether oxygens (including phenoxy) is 1. The van der Waals surface area contributed by atoms with Gasteiger partial charge in [0.05, 0.1) is 12.6 Å². The quantitative estimate of drug-likeness (QED) is 0.573. The monoisotopic (exact) mass is 174 g/mol. The van der Waals surface area contributed by atoms with Gasteiger partial charge in [0.25, 0.3) is 0 Å². The first-order chi connectivity index (χ1) is 5.63. The van der Waals surface area contributed by atoms with Crippen molar-refractivity contribution in [3.05, 3.63) is 0 Å². The summed E-state index contributed by atoms with van der Waals surface area (Å²) in [5.41, 5.74) is 5.64. The molecule has 0 aromatic carbocycles. The van der Waals surface area contributed by atoms with E-state index in [0.717, 1.165) is 6.42 Å². The first kappa shape index (κ1) is 9.28. The highest BCUT2D eigenvalue weighted by Gasteiger charge is 2.27. The lowest BCUT2D eigenvalue weighted by Gasteiger charge is -2.33. The molecule has 5 heteroatoms. The number of nitrogens with zero attached hydrogens (tertiary/aromatic N) is 1. The summed E-state index contributed by atoms with van der Waals surface area (Å²) in [5.74, 6) is 0. The molecule has 0 radical (unpaired) electrons. The van der Waals surface area contributed by atoms with Crippen LogP contribution >= 0.6 is 0 Å². The van der Waals surface area contributed by atoms with Gasteiger partial charge in [0, 0.05) is 19.7 Å². The lowest BCUT2D eigenvalue weighted by atomic mass is 10.0. The molecule has 12 heavy (non-hydrogen) atoms. The molecule has 1 aliphatic heterocycles. The van der Waals surface area contributed by atoms with Crippen LogP contribution in [0.1, 0.15) is 6.42 Å². The normalized spacial score (nSPS) is 30.3. The van der Waals surface area contributed by atoms with E-state index in [0.29, 0.717) is 13.1 Å². The van der Waals surface area contributed by atoms with Crippen molar-refractivity contribution in [2.45, 2.75) is 18.6 Å². The van der Waals surface area contributed by atoms with Gasteiger partial charge in [0.1, 0.15) is 0 Å². The lowest BCUT2D eigenvalue weighted by Crippen LogP contribution is -2.51. The summed E-state index contributed by atoms with van der Waals surface area (Å²) >= 11 is 0. The zero-order chi connectivity index (χ0) is 9.14. The predicted molar refractivity (Wildman–Crippen MR) is 43.0 cm³/mol. The van der Waals surface area contributed by atoms with Crippen molar-refractivity contribution >= 4 is 6.09 Å². The van der Waals surface area contributed by atoms with E-state index in [1.54, 1.807) is 7.11 Å². The van der Waals surface area contributed by atoms with Crippen LogP contribution in [0, 0.1) is 0 Å². The van der Waals surface area contributed by atoms with E-state index in [-0.39, 0.29) is 12.1 Å². The summed E-state index contributed by atoms with van der Waals surface area (Å²) in [6.45, 7) is 0.842. The number of likely N-dealkylation sites (tertiary alicyclic amines) is 1. The highest BCUT2D eigenvalue weighted by Crippen LogP contribution is 2.11. The number of nitrogens with two attached hydrogens (primary N) is 1. The summed E-state index contributed by atoms with van der Waals surface area (Å²) < 4.78 is 5.06. The largest absolute Gasteiger partial charge is 0.465 e. The molecular weight excluding hydrogens is 160 g/mol. The number of carboxylic acid groups (broad SMARTS) is 1. The summed E-state index contributed by atoms with van der Waals surface area (Å²) in [6, 6.07) is -0.0974. The van der Waals surface area contributed by atoms with Crippen LogP contribution in [0.15, 0.2) is 0 Å². The van der Waals surface area contributed by atoms with E-state index < -0.39 is 6.09 Å². The molecule has 0 aromatic rings. The molecule has 0 saturated carbocycles. The van der Waals surface area contributed by atoms with E-state index in [9.17, 15) is 4.79 Å². The van der Waals surface area contributed by atoms with Crippen LogP contribution in [-0.4, -0.2) is 48.4 Å². The third-order valence-corrected chi connectivity index (χ3v) is 2.05. The summed E-state index contributed by atoms with van der Waals surface area (Å²) in [6.07, 6.45) is -0.239. The molecule has 70 valence electrons. The second-order valence-corrected chi connectivity index (χ2v) is 3.04. The second-order valence-electron chi connectivity index (χ2n) is 3.04. The molecular formula is C7H14N2O3. The third-order valence-electron chi connectivity index (χ3n) is 2.05. The van der Waals surface area contributed by atoms with Crippen LogP contribution in [0.3, 0.4) is 0 Å². The number of methoxy groups -OCH3 is 1. The van der Waals surface area contributed by atoms with Gasteiger partial charge < -0.3 is 20.5 Å². The van der Waals surface area contributed by atoms with Crippen LogP contribution in [0.25, 0.3) is 0 Å². The Morgan fingerprint density at radius 1 is 1.67 bits per heavy atom. The molecule has 1 saturated heterocycles. The Morgan fingerprint density at radius 2 is 2.33 bits per heavy atom. The van der Waals surface area contributed by atoms with Gasteiger partial charge in [-0.3, -0.25) is 0 Å². The number of hydrogen-bond acceptors (Lipinski definition) is 3. The van der Waals surface area contributed by atoms with E-state index in [4.69, 9.17) is 15.6 Å². The number of rotatable bonds is 1. The molecule has 1 amide bonds. The van der Waals surface area contributed by atoms with Crippen molar-refractivity contribution in [2.75, 3.05) is 20.2 Å². The maximum Gasteiger partial charge on any atom is 0.407 e. The minimum atomic E-state index is -0.924. The van der Waals surface area contributed by atoms with Gasteiger partial charge in [-0.25, -0.2) is 4.79 Å². The average Bonchev–Trinajstić information content (AvgIpc) is 2.03. The van der Waals surface area contributed by atoms with Crippen molar-refractivity contribution in [1.29, 1.82) is 0 Å². The molecule has 1 aliphatic rings. The van der Waals surface area contributed by atoms with E-state index in [2.05, 4.69) is 0 Å². The minimum Gasteiger partial charge on any atom is -0.465 e. The van der Waals surface area contributed by atoms with Gasteiger partial charge in [-0.2, -0.15) is 0 Å². The third kappa shape index (κ3) is 2.09. The van der Waals surface area contributed by atoms with Gasteiger partial charge in [-0.15, -0.1) is 0 Å². The van der Waals surface area contributed by atoms with Gasteiger partial charge in [-0.1, -0.05) is 0 Å². The van der Waals surface area contributed by atoms with E-state index in [1.807, 2.05) is 0 Å². The Kier molecular flexibility index (Phi) is 2.88. The van der Waals surface area contributed by atoms with Crippen LogP contribution in [0.5, 0.6) is 0 Å². The van der Waals surface area contributed by atoms with E-state index >= 15 is 0 Å². The van der Waals surface area contributed by atoms with Gasteiger partial charge >= 0.3 is 6.09 Å². The second kappa shape index (κ2) is 3.73. The fourth-order valence-electron chi connectivity index (χ4n) is 1.42. The molecule has 5 nitrogen and oxygen atoms in total. The minimum absolute atomic E-state index is 0.0511. The van der Waals surface area contributed by atoms with Crippen molar-refractivity contribution in [3.63, 3.8) is 0 Å². The fourth-order valence-corrected chi connectivity index (χ4v) is 1.42. The van der Waals surface area contributed by atoms with Crippen molar-refractivity contribution in [3.8, 4) is 0 Å². The molecule has 0 aromatic heterocycles. The van der Waals surface area contributed by atoms with Crippen LogP contribution in [-0.2, 0) is 4.74 Å². The van der Waals surface area contributed by atoms with Crippen LogP contribution < -0.4 is 5.73 Å². The molecule has 1 rings (SSSR count). The Hall–Kier alpha value is -0.810. The Balaban J connectivity index is 2.51. The average molecular weight is 174 g/mol. The van der Waals surface area contributed by atoms with Crippen molar-refractivity contribution < 1.29 is 14.6 Å². The molecule has 1 fully saturated rings. The lowest BCUT2D eigenvalue weighted by molar-refractivity contribution is 0.0260. The first-order valence-electron chi connectivity index (χ1n) is 3.89. The molecule has 0 spiro atoms. The smallest absolute Gasteiger partial charge is 0.407 e. The molecule has 0 aliphatic carbocycles. The number of amides is 1.